The third kappa shape index (κ3) is 4.14. The SMILES string of the molecule is COc1cc(N(CC2C3CCC2N(Cc2ccccc2)C3)C(=O)[O-])cc(OC)c1OC. The fraction of sp³-hybridized carbons (Fsp3) is 0.458. The first-order valence-corrected chi connectivity index (χ1v) is 10.6. The first-order chi connectivity index (χ1) is 15.0. The lowest BCUT2D eigenvalue weighted by Crippen LogP contribution is -2.46. The molecule has 1 aliphatic heterocycles. The van der Waals surface area contributed by atoms with Crippen LogP contribution in [0.4, 0.5) is 10.5 Å². The number of likely N-dealkylation sites (tertiary alicyclic amines) is 1. The van der Waals surface area contributed by atoms with Crippen molar-refractivity contribution < 1.29 is 24.1 Å². The molecule has 3 unspecified atom stereocenters. The molecule has 7 heteroatoms. The molecular weight excluding hydrogens is 396 g/mol. The van der Waals surface area contributed by atoms with E-state index in [1.54, 1.807) is 12.1 Å². The number of carbonyl (C=O) groups is 1. The summed E-state index contributed by atoms with van der Waals surface area (Å²) in [5.74, 6) is 2.02. The maximum absolute atomic E-state index is 12.1. The van der Waals surface area contributed by atoms with Gasteiger partial charge in [-0.15, -0.1) is 0 Å². The van der Waals surface area contributed by atoms with Gasteiger partial charge in [-0.2, -0.15) is 0 Å². The minimum absolute atomic E-state index is 0.265. The molecule has 1 amide bonds. The Labute approximate surface area is 183 Å². The smallest absolute Gasteiger partial charge is 0.203 e. The summed E-state index contributed by atoms with van der Waals surface area (Å²) >= 11 is 0. The van der Waals surface area contributed by atoms with Gasteiger partial charge >= 0.3 is 0 Å². The summed E-state index contributed by atoms with van der Waals surface area (Å²) in [6, 6.07) is 14.1. The minimum atomic E-state index is -1.23. The molecule has 2 aromatic carbocycles. The third-order valence-electron chi connectivity index (χ3n) is 6.67. The lowest BCUT2D eigenvalue weighted by Gasteiger charge is -2.32. The van der Waals surface area contributed by atoms with Crippen molar-refractivity contribution >= 4 is 11.8 Å². The summed E-state index contributed by atoms with van der Waals surface area (Å²) < 4.78 is 16.2. The summed E-state index contributed by atoms with van der Waals surface area (Å²) in [5.41, 5.74) is 1.76. The summed E-state index contributed by atoms with van der Waals surface area (Å²) in [5, 5.41) is 12.1. The Morgan fingerprint density at radius 2 is 1.74 bits per heavy atom. The van der Waals surface area contributed by atoms with Gasteiger partial charge in [0.25, 0.3) is 0 Å². The van der Waals surface area contributed by atoms with Gasteiger partial charge < -0.3 is 29.0 Å². The number of anilines is 1. The molecule has 2 aromatic rings. The molecule has 0 spiro atoms. The fourth-order valence-corrected chi connectivity index (χ4v) is 5.23. The third-order valence-corrected chi connectivity index (χ3v) is 6.67. The molecule has 0 radical (unpaired) electrons. The van der Waals surface area contributed by atoms with E-state index in [1.807, 2.05) is 6.07 Å². The Hall–Kier alpha value is -2.93. The van der Waals surface area contributed by atoms with Crippen LogP contribution in [-0.2, 0) is 6.54 Å². The highest BCUT2D eigenvalue weighted by Gasteiger charge is 2.47. The number of hydrogen-bond acceptors (Lipinski definition) is 6. The van der Waals surface area contributed by atoms with Crippen molar-refractivity contribution in [2.75, 3.05) is 39.3 Å². The van der Waals surface area contributed by atoms with Crippen LogP contribution in [0.5, 0.6) is 17.2 Å². The van der Waals surface area contributed by atoms with E-state index in [4.69, 9.17) is 14.2 Å². The van der Waals surface area contributed by atoms with Crippen LogP contribution in [0.1, 0.15) is 18.4 Å². The topological polar surface area (TPSA) is 74.3 Å². The van der Waals surface area contributed by atoms with E-state index in [9.17, 15) is 9.90 Å². The molecule has 4 rings (SSSR count). The number of benzene rings is 2. The highest BCUT2D eigenvalue weighted by molar-refractivity contribution is 5.86. The van der Waals surface area contributed by atoms with Crippen molar-refractivity contribution in [3.63, 3.8) is 0 Å². The Morgan fingerprint density at radius 3 is 2.32 bits per heavy atom. The molecule has 7 nitrogen and oxygen atoms in total. The number of piperidine rings is 1. The van der Waals surface area contributed by atoms with Crippen molar-refractivity contribution in [2.24, 2.45) is 11.8 Å². The number of amides is 1. The zero-order valence-corrected chi connectivity index (χ0v) is 18.2. The summed E-state index contributed by atoms with van der Waals surface area (Å²) in [7, 11) is 4.56. The second-order valence-corrected chi connectivity index (χ2v) is 8.24. The van der Waals surface area contributed by atoms with Gasteiger partial charge in [0, 0.05) is 43.5 Å². The maximum atomic E-state index is 12.1. The van der Waals surface area contributed by atoms with Gasteiger partial charge in [0.05, 0.1) is 21.3 Å². The van der Waals surface area contributed by atoms with Crippen LogP contribution < -0.4 is 24.2 Å². The maximum Gasteiger partial charge on any atom is 0.203 e. The van der Waals surface area contributed by atoms with Crippen molar-refractivity contribution in [3.05, 3.63) is 48.0 Å². The quantitative estimate of drug-likeness (QED) is 0.648. The Balaban J connectivity index is 1.56. The van der Waals surface area contributed by atoms with Crippen molar-refractivity contribution in [2.45, 2.75) is 25.4 Å². The van der Waals surface area contributed by atoms with E-state index in [0.717, 1.165) is 25.9 Å². The molecule has 1 heterocycles. The van der Waals surface area contributed by atoms with E-state index < -0.39 is 6.09 Å². The van der Waals surface area contributed by atoms with Crippen molar-refractivity contribution in [3.8, 4) is 17.2 Å². The minimum Gasteiger partial charge on any atom is -0.530 e. The number of carbonyl (C=O) groups excluding carboxylic acids is 1. The van der Waals surface area contributed by atoms with Crippen LogP contribution >= 0.6 is 0 Å². The van der Waals surface area contributed by atoms with Crippen LogP contribution in [0.25, 0.3) is 0 Å². The number of rotatable bonds is 8. The molecular formula is C24H29N2O5-. The largest absolute Gasteiger partial charge is 0.530 e. The zero-order valence-electron chi connectivity index (χ0n) is 18.2. The molecule has 1 aliphatic carbocycles. The normalized spacial score (nSPS) is 22.4. The molecule has 0 N–H and O–H groups in total. The van der Waals surface area contributed by atoms with Crippen molar-refractivity contribution in [1.29, 1.82) is 0 Å². The van der Waals surface area contributed by atoms with Crippen LogP contribution in [0.3, 0.4) is 0 Å². The van der Waals surface area contributed by atoms with E-state index in [1.165, 1.54) is 31.8 Å². The molecule has 31 heavy (non-hydrogen) atoms. The lowest BCUT2D eigenvalue weighted by atomic mass is 9.97. The van der Waals surface area contributed by atoms with E-state index in [2.05, 4.69) is 29.2 Å². The molecule has 1 saturated carbocycles. The van der Waals surface area contributed by atoms with Crippen LogP contribution in [-0.4, -0.2) is 51.5 Å². The Morgan fingerprint density at radius 1 is 1.06 bits per heavy atom. The number of ether oxygens (including phenoxy) is 3. The van der Waals surface area contributed by atoms with Crippen molar-refractivity contribution in [1.82, 2.24) is 4.90 Å². The van der Waals surface area contributed by atoms with Gasteiger partial charge in [-0.05, 0) is 30.2 Å². The second-order valence-electron chi connectivity index (χ2n) is 8.24. The summed E-state index contributed by atoms with van der Waals surface area (Å²) in [6.07, 6.45) is 1.00. The predicted molar refractivity (Wildman–Crippen MR) is 116 cm³/mol. The standard InChI is InChI=1S/C24H30N2O5/c1-29-21-11-18(12-22(30-2)23(21)31-3)26(24(27)28)15-19-17-9-10-20(19)25(14-17)13-16-7-5-4-6-8-16/h4-8,11-12,17,19-20H,9-10,13-15H2,1-3H3,(H,27,28)/p-1. The number of fused-ring (bicyclic) bond motifs is 2. The Kier molecular flexibility index (Phi) is 6.23. The monoisotopic (exact) mass is 425 g/mol. The number of carboxylic acid groups (broad SMARTS) is 1. The fourth-order valence-electron chi connectivity index (χ4n) is 5.23. The second kappa shape index (κ2) is 9.06. The molecule has 166 valence electrons. The van der Waals surface area contributed by atoms with Crippen LogP contribution in [0.2, 0.25) is 0 Å². The molecule has 0 aromatic heterocycles. The highest BCUT2D eigenvalue weighted by atomic mass is 16.5. The summed E-state index contributed by atoms with van der Waals surface area (Å²) in [6.45, 7) is 2.29. The lowest BCUT2D eigenvalue weighted by molar-refractivity contribution is -0.246. The summed E-state index contributed by atoms with van der Waals surface area (Å²) in [4.78, 5) is 15.9. The number of methoxy groups -OCH3 is 3. The first kappa shape index (κ1) is 21.3. The van der Waals surface area contributed by atoms with Crippen LogP contribution in [0.15, 0.2) is 42.5 Å². The van der Waals surface area contributed by atoms with Gasteiger partial charge in [-0.3, -0.25) is 4.90 Å². The van der Waals surface area contributed by atoms with Gasteiger partial charge in [0.1, 0.15) is 6.09 Å². The van der Waals surface area contributed by atoms with E-state index in [0.29, 0.717) is 41.4 Å². The van der Waals surface area contributed by atoms with E-state index in [-0.39, 0.29) is 5.92 Å². The Bertz CT molecular complexity index is 894. The van der Waals surface area contributed by atoms with Gasteiger partial charge in [0.2, 0.25) is 5.75 Å². The molecule has 2 aliphatic rings. The number of nitrogens with zero attached hydrogens (tertiary/aromatic N) is 2. The van der Waals surface area contributed by atoms with E-state index >= 15 is 0 Å². The van der Waals surface area contributed by atoms with Gasteiger partial charge in [-0.1, -0.05) is 30.3 Å². The van der Waals surface area contributed by atoms with Gasteiger partial charge in [-0.25, -0.2) is 0 Å². The molecule has 1 saturated heterocycles. The number of hydrogen-bond donors (Lipinski definition) is 0. The average Bonchev–Trinajstić information content (AvgIpc) is 3.33. The van der Waals surface area contributed by atoms with Crippen LogP contribution in [0, 0.1) is 11.8 Å². The first-order valence-electron chi connectivity index (χ1n) is 10.6. The average molecular weight is 426 g/mol. The van der Waals surface area contributed by atoms with Gasteiger partial charge in [0.15, 0.2) is 11.5 Å². The predicted octanol–water partition coefficient (Wildman–Crippen LogP) is 2.77. The zero-order chi connectivity index (χ0) is 22.0. The molecule has 3 atom stereocenters. The molecule has 2 bridgehead atoms. The highest BCUT2D eigenvalue weighted by Crippen LogP contribution is 2.45. The molecule has 2 fully saturated rings.